The van der Waals surface area contributed by atoms with E-state index in [9.17, 15) is 9.59 Å². The fourth-order valence-corrected chi connectivity index (χ4v) is 3.90. The number of ketones is 1. The molecular weight excluding hydrogens is 372 g/mol. The standard InChI is InChI=1S/C17H16N4O3S2/c1-4-24-15(23)14-20-21(12-8-6-5-7-9-12)17(26-14)19-16-18-10(2)13(25-16)11(3)22/h5-9H,4H2,1-3H3/b19-17-. The predicted molar refractivity (Wildman–Crippen MR) is 99.5 cm³/mol. The second-order valence-electron chi connectivity index (χ2n) is 5.24. The van der Waals surface area contributed by atoms with E-state index in [1.807, 2.05) is 30.3 Å². The summed E-state index contributed by atoms with van der Waals surface area (Å²) in [7, 11) is 0. The molecule has 1 aromatic carbocycles. The Hall–Kier alpha value is -2.65. The first-order valence-electron chi connectivity index (χ1n) is 7.85. The highest BCUT2D eigenvalue weighted by atomic mass is 32.1. The molecule has 3 aromatic rings. The van der Waals surface area contributed by atoms with Crippen molar-refractivity contribution in [3.63, 3.8) is 0 Å². The van der Waals surface area contributed by atoms with Crippen LogP contribution < -0.4 is 4.80 Å². The molecule has 0 fully saturated rings. The predicted octanol–water partition coefficient (Wildman–Crippen LogP) is 3.31. The largest absolute Gasteiger partial charge is 0.461 e. The van der Waals surface area contributed by atoms with Gasteiger partial charge in [-0.1, -0.05) is 40.9 Å². The van der Waals surface area contributed by atoms with Gasteiger partial charge in [0.25, 0.3) is 0 Å². The van der Waals surface area contributed by atoms with Crippen LogP contribution in [-0.4, -0.2) is 33.1 Å². The van der Waals surface area contributed by atoms with Crippen LogP contribution in [0.5, 0.6) is 0 Å². The molecule has 2 aromatic heterocycles. The van der Waals surface area contributed by atoms with Crippen molar-refractivity contribution in [2.75, 3.05) is 6.61 Å². The quantitative estimate of drug-likeness (QED) is 0.494. The molecule has 0 unspecified atom stereocenters. The molecule has 9 heteroatoms. The third-order valence-electron chi connectivity index (χ3n) is 3.31. The molecule has 26 heavy (non-hydrogen) atoms. The number of carbonyl (C=O) groups is 2. The van der Waals surface area contributed by atoms with Crippen molar-refractivity contribution in [2.24, 2.45) is 4.99 Å². The first kappa shape index (κ1) is 18.2. The molecule has 0 spiro atoms. The smallest absolute Gasteiger partial charge is 0.369 e. The summed E-state index contributed by atoms with van der Waals surface area (Å²) in [5.41, 5.74) is 1.40. The van der Waals surface area contributed by atoms with E-state index in [0.29, 0.717) is 20.5 Å². The van der Waals surface area contributed by atoms with Gasteiger partial charge in [0, 0.05) is 6.92 Å². The Kier molecular flexibility index (Phi) is 5.38. The molecule has 0 saturated heterocycles. The van der Waals surface area contributed by atoms with Crippen LogP contribution in [0.15, 0.2) is 35.3 Å². The van der Waals surface area contributed by atoms with E-state index in [-0.39, 0.29) is 17.4 Å². The maximum absolute atomic E-state index is 12.1. The van der Waals surface area contributed by atoms with E-state index >= 15 is 0 Å². The number of ether oxygens (including phenoxy) is 1. The number of benzene rings is 1. The monoisotopic (exact) mass is 388 g/mol. The SMILES string of the molecule is CCOC(=O)c1nn(-c2ccccc2)/c(=N/c2nc(C)c(C(C)=O)s2)s1. The summed E-state index contributed by atoms with van der Waals surface area (Å²) in [6, 6.07) is 9.36. The topological polar surface area (TPSA) is 86.4 Å². The van der Waals surface area contributed by atoms with Crippen LogP contribution in [0.25, 0.3) is 5.69 Å². The molecule has 0 aliphatic carbocycles. The number of hydrogen-bond donors (Lipinski definition) is 0. The fourth-order valence-electron chi connectivity index (χ4n) is 2.21. The number of Topliss-reactive ketones (excluding diaryl/α,β-unsaturated/α-hetero) is 1. The van der Waals surface area contributed by atoms with Gasteiger partial charge in [-0.3, -0.25) is 4.79 Å². The number of aryl methyl sites for hydroxylation is 1. The summed E-state index contributed by atoms with van der Waals surface area (Å²) in [5.74, 6) is -0.544. The van der Waals surface area contributed by atoms with Gasteiger partial charge >= 0.3 is 5.97 Å². The molecule has 0 atom stereocenters. The van der Waals surface area contributed by atoms with Gasteiger partial charge in [-0.2, -0.15) is 4.99 Å². The average Bonchev–Trinajstić information content (AvgIpc) is 3.20. The lowest BCUT2D eigenvalue weighted by atomic mass is 10.3. The van der Waals surface area contributed by atoms with Crippen LogP contribution in [0, 0.1) is 6.92 Å². The summed E-state index contributed by atoms with van der Waals surface area (Å²) < 4.78 is 6.60. The molecule has 0 aliphatic rings. The second kappa shape index (κ2) is 7.71. The molecule has 0 aliphatic heterocycles. The van der Waals surface area contributed by atoms with E-state index in [1.165, 1.54) is 18.3 Å². The van der Waals surface area contributed by atoms with Gasteiger partial charge in [0.2, 0.25) is 14.9 Å². The Balaban J connectivity index is 2.14. The van der Waals surface area contributed by atoms with Crippen molar-refractivity contribution >= 4 is 39.6 Å². The summed E-state index contributed by atoms with van der Waals surface area (Å²) in [5, 5.41) is 4.98. The average molecular weight is 388 g/mol. The van der Waals surface area contributed by atoms with Crippen molar-refractivity contribution in [1.29, 1.82) is 0 Å². The number of esters is 1. The second-order valence-corrected chi connectivity index (χ2v) is 7.17. The zero-order valence-electron chi connectivity index (χ0n) is 14.4. The van der Waals surface area contributed by atoms with Gasteiger partial charge in [0.15, 0.2) is 5.78 Å². The van der Waals surface area contributed by atoms with E-state index in [2.05, 4.69) is 15.1 Å². The molecule has 2 heterocycles. The van der Waals surface area contributed by atoms with E-state index in [1.54, 1.807) is 18.5 Å². The molecule has 0 radical (unpaired) electrons. The fraction of sp³-hybridized carbons (Fsp3) is 0.235. The Morgan fingerprint density at radius 2 is 1.96 bits per heavy atom. The molecular formula is C17H16N4O3S2. The zero-order chi connectivity index (χ0) is 18.7. The van der Waals surface area contributed by atoms with Crippen LogP contribution in [0.4, 0.5) is 5.13 Å². The van der Waals surface area contributed by atoms with Gasteiger partial charge < -0.3 is 4.74 Å². The first-order valence-corrected chi connectivity index (χ1v) is 9.48. The Morgan fingerprint density at radius 1 is 1.23 bits per heavy atom. The van der Waals surface area contributed by atoms with Gasteiger partial charge in [-0.15, -0.1) is 5.10 Å². The van der Waals surface area contributed by atoms with Crippen molar-refractivity contribution in [1.82, 2.24) is 14.8 Å². The summed E-state index contributed by atoms with van der Waals surface area (Å²) in [6.07, 6.45) is 0. The molecule has 0 bridgehead atoms. The molecule has 0 saturated carbocycles. The normalized spacial score (nSPS) is 11.6. The minimum atomic E-state index is -0.497. The first-order chi connectivity index (χ1) is 12.5. The van der Waals surface area contributed by atoms with Gasteiger partial charge in [0.1, 0.15) is 0 Å². The third kappa shape index (κ3) is 3.78. The van der Waals surface area contributed by atoms with E-state index < -0.39 is 5.97 Å². The number of rotatable bonds is 5. The van der Waals surface area contributed by atoms with Crippen LogP contribution in [0.3, 0.4) is 0 Å². The number of hydrogen-bond acceptors (Lipinski definition) is 8. The number of para-hydroxylation sites is 1. The van der Waals surface area contributed by atoms with Crippen molar-refractivity contribution in [3.05, 3.63) is 50.7 Å². The van der Waals surface area contributed by atoms with Crippen molar-refractivity contribution in [2.45, 2.75) is 20.8 Å². The Labute approximate surface area is 157 Å². The number of aromatic nitrogens is 3. The summed E-state index contributed by atoms with van der Waals surface area (Å²) >= 11 is 2.33. The Bertz CT molecular complexity index is 1020. The zero-order valence-corrected chi connectivity index (χ0v) is 16.1. The minimum absolute atomic E-state index is 0.0473. The summed E-state index contributed by atoms with van der Waals surface area (Å²) in [4.78, 5) is 33.6. The van der Waals surface area contributed by atoms with Gasteiger partial charge in [-0.05, 0) is 26.0 Å². The Morgan fingerprint density at radius 3 is 2.58 bits per heavy atom. The van der Waals surface area contributed by atoms with Gasteiger partial charge in [-0.25, -0.2) is 14.5 Å². The number of thiazole rings is 1. The van der Waals surface area contributed by atoms with E-state index in [0.717, 1.165) is 17.0 Å². The molecule has 0 N–H and O–H groups in total. The van der Waals surface area contributed by atoms with Crippen LogP contribution in [0.1, 0.15) is 39.0 Å². The molecule has 7 nitrogen and oxygen atoms in total. The van der Waals surface area contributed by atoms with Crippen molar-refractivity contribution < 1.29 is 14.3 Å². The maximum Gasteiger partial charge on any atom is 0.369 e. The third-order valence-corrected chi connectivity index (χ3v) is 5.35. The lowest BCUT2D eigenvalue weighted by Gasteiger charge is -1.99. The maximum atomic E-state index is 12.1. The molecule has 0 amide bonds. The highest BCUT2D eigenvalue weighted by molar-refractivity contribution is 7.17. The number of carbonyl (C=O) groups excluding carboxylic acids is 2. The van der Waals surface area contributed by atoms with Crippen molar-refractivity contribution in [3.8, 4) is 5.69 Å². The molecule has 134 valence electrons. The lowest BCUT2D eigenvalue weighted by Crippen LogP contribution is -2.14. The minimum Gasteiger partial charge on any atom is -0.461 e. The highest BCUT2D eigenvalue weighted by Gasteiger charge is 2.16. The molecule has 3 rings (SSSR count). The van der Waals surface area contributed by atoms with E-state index in [4.69, 9.17) is 4.74 Å². The van der Waals surface area contributed by atoms with Gasteiger partial charge in [0.05, 0.1) is 22.9 Å². The van der Waals surface area contributed by atoms with Crippen LogP contribution >= 0.6 is 22.7 Å². The van der Waals surface area contributed by atoms with Crippen LogP contribution in [-0.2, 0) is 4.74 Å². The number of nitrogens with zero attached hydrogens (tertiary/aromatic N) is 4. The lowest BCUT2D eigenvalue weighted by molar-refractivity contribution is 0.0524. The highest BCUT2D eigenvalue weighted by Crippen LogP contribution is 2.25. The summed E-state index contributed by atoms with van der Waals surface area (Å²) in [6.45, 7) is 5.28. The van der Waals surface area contributed by atoms with Crippen LogP contribution in [0.2, 0.25) is 0 Å².